The lowest BCUT2D eigenvalue weighted by atomic mass is 9.83. The highest BCUT2D eigenvalue weighted by Crippen LogP contribution is 2.31. The zero-order chi connectivity index (χ0) is 19.7. The van der Waals surface area contributed by atoms with E-state index >= 15 is 0 Å². The van der Waals surface area contributed by atoms with Crippen LogP contribution in [0.5, 0.6) is 11.5 Å². The van der Waals surface area contributed by atoms with Crippen LogP contribution in [0.2, 0.25) is 0 Å². The molecule has 1 aromatic carbocycles. The number of hydrogen-bond donors (Lipinski definition) is 2. The third kappa shape index (κ3) is 7.16. The van der Waals surface area contributed by atoms with E-state index in [2.05, 4.69) is 40.7 Å². The van der Waals surface area contributed by atoms with E-state index < -0.39 is 5.54 Å². The predicted octanol–water partition coefficient (Wildman–Crippen LogP) is 4.57. The molecule has 0 saturated carbocycles. The van der Waals surface area contributed by atoms with E-state index in [1.165, 1.54) is 12.8 Å². The number of aryl methyl sites for hydroxylation is 1. The Labute approximate surface area is 160 Å². The summed E-state index contributed by atoms with van der Waals surface area (Å²) in [4.78, 5) is 0. The SMILES string of the molecule is COc1cc(CCC(N)(CO)C(C)C)ccc1O[C@@H](C)CCCC(C)C. The van der Waals surface area contributed by atoms with Crippen LogP contribution in [0.4, 0.5) is 0 Å². The maximum atomic E-state index is 9.61. The minimum atomic E-state index is -0.548. The average Bonchev–Trinajstić information content (AvgIpc) is 2.59. The van der Waals surface area contributed by atoms with Gasteiger partial charge in [-0.25, -0.2) is 0 Å². The van der Waals surface area contributed by atoms with Gasteiger partial charge in [-0.3, -0.25) is 0 Å². The fraction of sp³-hybridized carbons (Fsp3) is 0.727. The molecular formula is C22H39NO3. The molecule has 150 valence electrons. The summed E-state index contributed by atoms with van der Waals surface area (Å²) < 4.78 is 11.6. The molecule has 1 aromatic rings. The summed E-state index contributed by atoms with van der Waals surface area (Å²) in [7, 11) is 1.67. The summed E-state index contributed by atoms with van der Waals surface area (Å²) in [5.74, 6) is 2.51. The van der Waals surface area contributed by atoms with Crippen LogP contribution in [0.3, 0.4) is 0 Å². The first kappa shape index (κ1) is 22.8. The first-order valence-corrected chi connectivity index (χ1v) is 9.95. The molecule has 0 aliphatic carbocycles. The maximum Gasteiger partial charge on any atom is 0.161 e. The van der Waals surface area contributed by atoms with Gasteiger partial charge in [0.2, 0.25) is 0 Å². The molecule has 4 nitrogen and oxygen atoms in total. The van der Waals surface area contributed by atoms with Crippen LogP contribution >= 0.6 is 0 Å². The minimum absolute atomic E-state index is 0.00309. The standard InChI is InChI=1S/C22H39NO3/c1-16(2)8-7-9-18(5)26-20-11-10-19(14-21(20)25-6)12-13-22(23,15-24)17(3)4/h10-11,14,16-18,24H,7-9,12-13,15,23H2,1-6H3/t18-,22?/m0/s1. The van der Waals surface area contributed by atoms with Crippen molar-refractivity contribution in [1.82, 2.24) is 0 Å². The Balaban J connectivity index is 2.69. The Hall–Kier alpha value is -1.26. The summed E-state index contributed by atoms with van der Waals surface area (Å²) in [6.45, 7) is 10.7. The largest absolute Gasteiger partial charge is 0.493 e. The number of aliphatic hydroxyl groups excluding tert-OH is 1. The van der Waals surface area contributed by atoms with E-state index in [9.17, 15) is 5.11 Å². The highest BCUT2D eigenvalue weighted by molar-refractivity contribution is 5.43. The van der Waals surface area contributed by atoms with Gasteiger partial charge in [0, 0.05) is 5.54 Å². The van der Waals surface area contributed by atoms with Crippen molar-refractivity contribution in [3.63, 3.8) is 0 Å². The minimum Gasteiger partial charge on any atom is -0.493 e. The average molecular weight is 366 g/mol. The van der Waals surface area contributed by atoms with Crippen molar-refractivity contribution in [1.29, 1.82) is 0 Å². The fourth-order valence-corrected chi connectivity index (χ4v) is 2.98. The van der Waals surface area contributed by atoms with Crippen molar-refractivity contribution in [3.8, 4) is 11.5 Å². The Morgan fingerprint density at radius 3 is 2.31 bits per heavy atom. The van der Waals surface area contributed by atoms with E-state index in [-0.39, 0.29) is 18.6 Å². The van der Waals surface area contributed by atoms with Gasteiger partial charge in [0.05, 0.1) is 19.8 Å². The Morgan fingerprint density at radius 2 is 1.77 bits per heavy atom. The molecule has 0 fully saturated rings. The second-order valence-electron chi connectivity index (χ2n) is 8.28. The molecule has 3 N–H and O–H groups in total. The molecule has 1 rings (SSSR count). The molecule has 26 heavy (non-hydrogen) atoms. The Kier molecular flexibility index (Phi) is 9.45. The fourth-order valence-electron chi connectivity index (χ4n) is 2.98. The smallest absolute Gasteiger partial charge is 0.161 e. The third-order valence-corrected chi connectivity index (χ3v) is 5.27. The molecule has 4 heteroatoms. The highest BCUT2D eigenvalue weighted by Gasteiger charge is 2.27. The molecule has 0 radical (unpaired) electrons. The first-order chi connectivity index (χ1) is 12.2. The van der Waals surface area contributed by atoms with Crippen LogP contribution in [0.25, 0.3) is 0 Å². The van der Waals surface area contributed by atoms with Gasteiger partial charge in [0.15, 0.2) is 11.5 Å². The van der Waals surface area contributed by atoms with Crippen LogP contribution in [-0.4, -0.2) is 30.5 Å². The van der Waals surface area contributed by atoms with E-state index in [4.69, 9.17) is 15.2 Å². The van der Waals surface area contributed by atoms with Crippen LogP contribution in [0, 0.1) is 11.8 Å². The third-order valence-electron chi connectivity index (χ3n) is 5.27. The molecule has 1 unspecified atom stereocenters. The number of ether oxygens (including phenoxy) is 2. The van der Waals surface area contributed by atoms with Crippen molar-refractivity contribution in [3.05, 3.63) is 23.8 Å². The number of methoxy groups -OCH3 is 1. The monoisotopic (exact) mass is 365 g/mol. The van der Waals surface area contributed by atoms with E-state index in [1.807, 2.05) is 12.1 Å². The molecule has 0 aliphatic rings. The Morgan fingerprint density at radius 1 is 1.08 bits per heavy atom. The predicted molar refractivity (Wildman–Crippen MR) is 109 cm³/mol. The molecule has 0 spiro atoms. The summed E-state index contributed by atoms with van der Waals surface area (Å²) in [5, 5.41) is 9.61. The van der Waals surface area contributed by atoms with Gasteiger partial charge in [0.25, 0.3) is 0 Å². The molecule has 0 saturated heterocycles. The lowest BCUT2D eigenvalue weighted by Gasteiger charge is -2.31. The van der Waals surface area contributed by atoms with Gasteiger partial charge in [-0.05, 0) is 62.1 Å². The second kappa shape index (κ2) is 10.8. The van der Waals surface area contributed by atoms with Crippen molar-refractivity contribution >= 4 is 0 Å². The van der Waals surface area contributed by atoms with Gasteiger partial charge in [-0.15, -0.1) is 0 Å². The van der Waals surface area contributed by atoms with Crippen LogP contribution in [0.15, 0.2) is 18.2 Å². The van der Waals surface area contributed by atoms with Crippen molar-refractivity contribution in [2.24, 2.45) is 17.6 Å². The van der Waals surface area contributed by atoms with Crippen molar-refractivity contribution in [2.75, 3.05) is 13.7 Å². The number of benzene rings is 1. The molecule has 0 aliphatic heterocycles. The molecule has 2 atom stereocenters. The lowest BCUT2D eigenvalue weighted by Crippen LogP contribution is -2.48. The topological polar surface area (TPSA) is 64.7 Å². The van der Waals surface area contributed by atoms with Crippen molar-refractivity contribution in [2.45, 2.75) is 78.4 Å². The molecule has 0 aromatic heterocycles. The zero-order valence-corrected chi connectivity index (χ0v) is 17.5. The second-order valence-corrected chi connectivity index (χ2v) is 8.28. The maximum absolute atomic E-state index is 9.61. The number of aliphatic hydroxyl groups is 1. The van der Waals surface area contributed by atoms with Crippen LogP contribution in [-0.2, 0) is 6.42 Å². The van der Waals surface area contributed by atoms with E-state index in [1.54, 1.807) is 7.11 Å². The van der Waals surface area contributed by atoms with E-state index in [0.717, 1.165) is 42.2 Å². The number of hydrogen-bond acceptors (Lipinski definition) is 4. The number of rotatable bonds is 12. The van der Waals surface area contributed by atoms with Gasteiger partial charge >= 0.3 is 0 Å². The van der Waals surface area contributed by atoms with Gasteiger partial charge in [0.1, 0.15) is 0 Å². The zero-order valence-electron chi connectivity index (χ0n) is 17.5. The van der Waals surface area contributed by atoms with Gasteiger partial charge in [-0.1, -0.05) is 40.2 Å². The van der Waals surface area contributed by atoms with Crippen molar-refractivity contribution < 1.29 is 14.6 Å². The quantitative estimate of drug-likeness (QED) is 0.569. The van der Waals surface area contributed by atoms with Gasteiger partial charge in [-0.2, -0.15) is 0 Å². The summed E-state index contributed by atoms with van der Waals surface area (Å²) in [5.41, 5.74) is 6.91. The molecule has 0 bridgehead atoms. The highest BCUT2D eigenvalue weighted by atomic mass is 16.5. The molecule has 0 amide bonds. The van der Waals surface area contributed by atoms with Crippen LogP contribution < -0.4 is 15.2 Å². The normalized spacial score (nSPS) is 15.2. The molecular weight excluding hydrogens is 326 g/mol. The lowest BCUT2D eigenvalue weighted by molar-refractivity contribution is 0.146. The Bertz CT molecular complexity index is 530. The number of nitrogens with two attached hydrogens (primary N) is 1. The van der Waals surface area contributed by atoms with E-state index in [0.29, 0.717) is 0 Å². The summed E-state index contributed by atoms with van der Waals surface area (Å²) >= 11 is 0. The summed E-state index contributed by atoms with van der Waals surface area (Å²) in [6, 6.07) is 6.07. The first-order valence-electron chi connectivity index (χ1n) is 9.95. The molecule has 0 heterocycles. The summed E-state index contributed by atoms with van der Waals surface area (Å²) in [6.07, 6.45) is 5.15. The van der Waals surface area contributed by atoms with Crippen LogP contribution in [0.1, 0.15) is 65.9 Å². The van der Waals surface area contributed by atoms with Gasteiger partial charge < -0.3 is 20.3 Å².